The normalized spacial score (nSPS) is 24.9. The lowest BCUT2D eigenvalue weighted by molar-refractivity contribution is 0.155. The Balaban J connectivity index is 0.931. The average molecular weight is 2080 g/mol. The molecule has 12 heterocycles. The van der Waals surface area contributed by atoms with Crippen molar-refractivity contribution in [1.82, 2.24) is 92.7 Å². The number of aromatic nitrogens is 9. The van der Waals surface area contributed by atoms with Crippen LogP contribution in [0.2, 0.25) is 0 Å². The molecule has 854 valence electrons. The van der Waals surface area contributed by atoms with Crippen LogP contribution < -0.4 is 92.0 Å². The zero-order valence-electron chi connectivity index (χ0n) is 104. The molecule has 27 nitrogen and oxygen atoms in total. The second kappa shape index (κ2) is 47.2. The molecule has 0 spiro atoms. The Bertz CT molecular complexity index is 4180. The van der Waals surface area contributed by atoms with Gasteiger partial charge in [-0.3, -0.25) is 0 Å². The van der Waals surface area contributed by atoms with Crippen LogP contribution in [0.1, 0.15) is 515 Å². The molecule has 12 rings (SSSR count). The van der Waals surface area contributed by atoms with E-state index in [-0.39, 0.29) is 154 Å². The van der Waals surface area contributed by atoms with E-state index in [4.69, 9.17) is 44.9 Å². The maximum Gasteiger partial charge on any atom is 0.232 e. The smallest absolute Gasteiger partial charge is 0.232 e. The fourth-order valence-electron chi connectivity index (χ4n) is 32.1. The second-order valence-electron chi connectivity index (χ2n) is 61.6. The van der Waals surface area contributed by atoms with Gasteiger partial charge in [0, 0.05) is 213 Å². The van der Waals surface area contributed by atoms with Crippen molar-refractivity contribution in [3.63, 3.8) is 0 Å². The minimum atomic E-state index is -0.150. The minimum absolute atomic E-state index is 0.0719. The highest BCUT2D eigenvalue weighted by Gasteiger charge is 2.53. The predicted molar refractivity (Wildman–Crippen MR) is 636 cm³/mol. The topological polar surface area (TPSA) is 253 Å². The van der Waals surface area contributed by atoms with Crippen LogP contribution in [0.25, 0.3) is 0 Å². The van der Waals surface area contributed by atoms with E-state index in [0.717, 1.165) is 344 Å². The molecule has 0 saturated carbocycles. The first-order valence-corrected chi connectivity index (χ1v) is 61.0. The summed E-state index contributed by atoms with van der Waals surface area (Å²) < 4.78 is 0. The monoisotopic (exact) mass is 2070 g/mol. The Hall–Kier alpha value is -5.13. The molecule has 9 saturated heterocycles. The molecular weight excluding hydrogens is 1840 g/mol. The van der Waals surface area contributed by atoms with E-state index in [2.05, 4.69) is 376 Å². The first kappa shape index (κ1) is 122. The molecule has 0 radical (unpaired) electrons. The highest BCUT2D eigenvalue weighted by molar-refractivity contribution is 5.54. The molecule has 9 aliphatic rings. The molecule has 3 aromatic rings. The fourth-order valence-corrected chi connectivity index (χ4v) is 32.1. The Morgan fingerprint density at radius 1 is 0.141 bits per heavy atom. The fraction of sp³-hybridized carbons (Fsp3) is 0.926. The summed E-state index contributed by atoms with van der Waals surface area (Å²) >= 11 is 0. The zero-order chi connectivity index (χ0) is 110. The first-order valence-electron chi connectivity index (χ1n) is 61.0. The molecule has 149 heavy (non-hydrogen) atoms. The molecule has 9 N–H and O–H groups in total. The van der Waals surface area contributed by atoms with Gasteiger partial charge in [0.15, 0.2) is 0 Å². The molecule has 0 amide bonds. The zero-order valence-corrected chi connectivity index (χ0v) is 104. The van der Waals surface area contributed by atoms with Gasteiger partial charge in [-0.15, -0.1) is 0 Å². The van der Waals surface area contributed by atoms with Gasteiger partial charge in [-0.25, -0.2) is 0 Å². The van der Waals surface area contributed by atoms with E-state index in [1.807, 2.05) is 0 Å². The lowest BCUT2D eigenvalue weighted by Gasteiger charge is -2.51. The number of hydrogen-bond acceptors (Lipinski definition) is 27. The minimum Gasteiger partial charge on any atom is -0.338 e. The van der Waals surface area contributed by atoms with Crippen LogP contribution in [0, 0.1) is 0 Å². The van der Waals surface area contributed by atoms with Crippen molar-refractivity contribution < 1.29 is 0 Å². The van der Waals surface area contributed by atoms with Gasteiger partial charge >= 0.3 is 0 Å². The molecule has 9 aliphatic heterocycles. The molecular formula is C122H231N27. The number of nitrogens with zero attached hydrogens (tertiary/aromatic N) is 18. The summed E-state index contributed by atoms with van der Waals surface area (Å²) in [6.07, 6.45) is 36.7. The van der Waals surface area contributed by atoms with E-state index < -0.39 is 0 Å². The van der Waals surface area contributed by atoms with Crippen molar-refractivity contribution in [1.29, 1.82) is 0 Å². The SMILES string of the molecule is CCCCN(c1nc(N(CCCC)C2CC(C)(C)NC(C)(C)C2)nc(N(CCCCCCN(c2nc(N(CCCC)C3CC(C)(C)NC(C)(C)C3)nc(N(CCCCCCN(c3nc(N(CCCC)C4CC(C)(C)NC(C)(C)C4)nc(N(CCCC)C4CC(C)(C)NC(C)(C)C4)n3)C3CC(C)(C)NC(C)(C)C3)C3CC(C)(C)NC(C)(C)C3)n2)C2CC(C)(C)NC(C)(C)C2)C2CC(C)(C)NC(C)(C)C2)n1)C1CC(C)(C)NC(C)(C)C1. The number of nitrogens with one attached hydrogen (secondary N) is 9. The molecule has 0 bridgehead atoms. The summed E-state index contributed by atoms with van der Waals surface area (Å²) in [5.74, 6) is 7.66. The van der Waals surface area contributed by atoms with Gasteiger partial charge < -0.3 is 92.0 Å². The predicted octanol–water partition coefficient (Wildman–Crippen LogP) is 23.8. The summed E-state index contributed by atoms with van der Waals surface area (Å²) in [4.78, 5) is 78.6. The Morgan fingerprint density at radius 2 is 0.221 bits per heavy atom. The molecule has 9 fully saturated rings. The third kappa shape index (κ3) is 34.9. The largest absolute Gasteiger partial charge is 0.338 e. The van der Waals surface area contributed by atoms with Gasteiger partial charge in [-0.2, -0.15) is 44.9 Å². The standard InChI is InChI=1S/C122H231N27/c1-42-47-60-141(87-69-105(6,7)132-106(8,9)70-87)96-123-97(142(61-48-43-2)88-71-107(10,11)133-108(12,13)72-88)126-101(125-96)146(92-79-115(26,27)137-116(28,29)80-92)65-56-52-54-58-67-148(94-83-119(34,35)139-120(36,37)84-94)103-129-100(145(64-51-46-5)91-77-113(22,23)136-114(24,25)78-91)130-104(131-103)149(95-85-121(38,39)140-122(40,41)86-95)68-59-55-53-57-66-147(93-81-117(30,31)138-118(32,33)82-93)102-127-98(143(62-49-44-3)89-73-109(14,15)134-110(16,17)74-89)124-99(128-102)144(63-50-45-4)90-75-111(18,19)135-112(20,21)76-90/h87-95,132-140H,42-86H2,1-41H3. The van der Waals surface area contributed by atoms with Crippen molar-refractivity contribution >= 4 is 53.5 Å². The van der Waals surface area contributed by atoms with E-state index in [1.54, 1.807) is 0 Å². The number of unbranched alkanes of at least 4 members (excludes halogenated alkanes) is 11. The van der Waals surface area contributed by atoms with Crippen LogP contribution in [-0.4, -0.2) is 258 Å². The van der Waals surface area contributed by atoms with Crippen molar-refractivity contribution in [3.8, 4) is 0 Å². The second-order valence-corrected chi connectivity index (χ2v) is 61.6. The highest BCUT2D eigenvalue weighted by atomic mass is 15.5. The number of hydrogen-bond donors (Lipinski definition) is 9. The molecule has 3 aromatic heterocycles. The Labute approximate surface area is 912 Å². The van der Waals surface area contributed by atoms with Crippen LogP contribution in [0.3, 0.4) is 0 Å². The highest BCUT2D eigenvalue weighted by Crippen LogP contribution is 2.47. The van der Waals surface area contributed by atoms with E-state index in [0.29, 0.717) is 0 Å². The molecule has 27 heteroatoms. The van der Waals surface area contributed by atoms with Crippen molar-refractivity contribution in [3.05, 3.63) is 0 Å². The van der Waals surface area contributed by atoms with Gasteiger partial charge in [-0.05, 0) is 423 Å². The maximum atomic E-state index is 6.21. The Morgan fingerprint density at radius 3 is 0.302 bits per heavy atom. The summed E-state index contributed by atoms with van der Waals surface area (Å²) in [6, 6.07) is 1.87. The van der Waals surface area contributed by atoms with Crippen LogP contribution in [0.4, 0.5) is 53.5 Å². The molecule has 0 atom stereocenters. The maximum absolute atomic E-state index is 6.21. The summed E-state index contributed by atoms with van der Waals surface area (Å²) in [6.45, 7) is 107. The van der Waals surface area contributed by atoms with E-state index >= 15 is 0 Å². The van der Waals surface area contributed by atoms with Crippen LogP contribution in [0.5, 0.6) is 0 Å². The third-order valence-electron chi connectivity index (χ3n) is 34.5. The first-order chi connectivity index (χ1) is 68.6. The van der Waals surface area contributed by atoms with Crippen LogP contribution in [0.15, 0.2) is 0 Å². The number of anilines is 9. The van der Waals surface area contributed by atoms with Gasteiger partial charge in [0.05, 0.1) is 0 Å². The summed E-state index contributed by atoms with van der Waals surface area (Å²) in [7, 11) is 0. The summed E-state index contributed by atoms with van der Waals surface area (Å²) in [5, 5.41) is 36.9. The van der Waals surface area contributed by atoms with Gasteiger partial charge in [0.2, 0.25) is 53.5 Å². The van der Waals surface area contributed by atoms with Crippen LogP contribution >= 0.6 is 0 Å². The Kier molecular flexibility index (Phi) is 38.8. The van der Waals surface area contributed by atoms with Crippen LogP contribution in [-0.2, 0) is 0 Å². The lowest BCUT2D eigenvalue weighted by atomic mass is 9.79. The number of piperidine rings is 9. The van der Waals surface area contributed by atoms with Crippen molar-refractivity contribution in [2.24, 2.45) is 0 Å². The van der Waals surface area contributed by atoms with Gasteiger partial charge in [0.25, 0.3) is 0 Å². The van der Waals surface area contributed by atoms with Gasteiger partial charge in [-0.1, -0.05) is 92.4 Å². The molecule has 0 unspecified atom stereocenters. The quantitative estimate of drug-likeness (QED) is 0.0238. The third-order valence-corrected chi connectivity index (χ3v) is 34.5. The number of rotatable bonds is 47. The summed E-state index contributed by atoms with van der Waals surface area (Å²) in [5.41, 5.74) is -1.88. The lowest BCUT2D eigenvalue weighted by Crippen LogP contribution is -2.63. The van der Waals surface area contributed by atoms with Gasteiger partial charge in [0.1, 0.15) is 0 Å². The molecule has 0 aliphatic carbocycles. The molecule has 0 aromatic carbocycles. The van der Waals surface area contributed by atoms with Crippen molar-refractivity contribution in [2.75, 3.05) is 103 Å². The van der Waals surface area contributed by atoms with Crippen molar-refractivity contribution in [2.45, 2.75) is 669 Å². The average Bonchev–Trinajstić information content (AvgIpc) is 0.762. The van der Waals surface area contributed by atoms with E-state index in [1.165, 1.54) is 0 Å². The van der Waals surface area contributed by atoms with E-state index in [9.17, 15) is 0 Å².